The number of benzene rings is 1. The van der Waals surface area contributed by atoms with Gasteiger partial charge in [0.1, 0.15) is 5.69 Å². The van der Waals surface area contributed by atoms with Gasteiger partial charge in [-0.1, -0.05) is 12.8 Å². The molecule has 2 amide bonds. The molecule has 1 aliphatic heterocycles. The molecule has 28 heavy (non-hydrogen) atoms. The Morgan fingerprint density at radius 1 is 0.929 bits per heavy atom. The third-order valence-corrected chi connectivity index (χ3v) is 5.54. The van der Waals surface area contributed by atoms with Crippen LogP contribution in [0.4, 0.5) is 11.4 Å². The number of amides is 2. The summed E-state index contributed by atoms with van der Waals surface area (Å²) in [5, 5.41) is 5.90. The normalized spacial score (nSPS) is 16.9. The van der Waals surface area contributed by atoms with Crippen molar-refractivity contribution in [3.8, 4) is 0 Å². The number of aromatic nitrogens is 1. The van der Waals surface area contributed by atoms with Crippen LogP contribution in [0.15, 0.2) is 42.6 Å². The van der Waals surface area contributed by atoms with Gasteiger partial charge >= 0.3 is 0 Å². The van der Waals surface area contributed by atoms with Crippen molar-refractivity contribution >= 4 is 23.2 Å². The number of nitrogens with zero attached hydrogens (tertiary/aromatic N) is 2. The van der Waals surface area contributed by atoms with E-state index in [-0.39, 0.29) is 23.6 Å². The first kappa shape index (κ1) is 18.5. The van der Waals surface area contributed by atoms with Crippen molar-refractivity contribution in [1.82, 2.24) is 10.3 Å². The number of carbonyl (C=O) groups is 2. The Kier molecular flexibility index (Phi) is 5.55. The lowest BCUT2D eigenvalue weighted by Crippen LogP contribution is -2.33. The monoisotopic (exact) mass is 378 g/mol. The minimum absolute atomic E-state index is 0.212. The third-order valence-electron chi connectivity index (χ3n) is 5.54. The Labute approximate surface area is 165 Å². The highest BCUT2D eigenvalue weighted by Crippen LogP contribution is 2.22. The molecule has 2 fully saturated rings. The zero-order valence-corrected chi connectivity index (χ0v) is 16.0. The molecule has 6 heteroatoms. The molecule has 1 aromatic carbocycles. The molecule has 0 atom stereocenters. The van der Waals surface area contributed by atoms with E-state index in [2.05, 4.69) is 20.5 Å². The molecule has 2 aromatic rings. The van der Waals surface area contributed by atoms with Gasteiger partial charge < -0.3 is 15.5 Å². The molecular formula is C22H26N4O2. The van der Waals surface area contributed by atoms with E-state index in [1.807, 2.05) is 24.3 Å². The standard InChI is InChI=1S/C22H26N4O2/c27-21(24-18-7-9-19(10-8-18)26-13-3-4-14-26)16-11-12-23-20(15-16)22(28)25-17-5-1-2-6-17/h7-12,15,17H,1-6,13-14H2,(H,24,27)(H,25,28). The van der Waals surface area contributed by atoms with Gasteiger partial charge in [-0.2, -0.15) is 0 Å². The lowest BCUT2D eigenvalue weighted by molar-refractivity contribution is 0.0933. The van der Waals surface area contributed by atoms with Gasteiger partial charge in [-0.3, -0.25) is 14.6 Å². The Morgan fingerprint density at radius 3 is 2.36 bits per heavy atom. The Balaban J connectivity index is 1.39. The summed E-state index contributed by atoms with van der Waals surface area (Å²) in [5.41, 5.74) is 2.63. The van der Waals surface area contributed by atoms with Gasteiger partial charge in [-0.05, 0) is 62.1 Å². The highest BCUT2D eigenvalue weighted by molar-refractivity contribution is 6.05. The first-order valence-corrected chi connectivity index (χ1v) is 10.1. The minimum Gasteiger partial charge on any atom is -0.372 e. The number of hydrogen-bond donors (Lipinski definition) is 2. The third kappa shape index (κ3) is 4.32. The summed E-state index contributed by atoms with van der Waals surface area (Å²) >= 11 is 0. The maximum absolute atomic E-state index is 12.6. The summed E-state index contributed by atoms with van der Waals surface area (Å²) in [5.74, 6) is -0.456. The van der Waals surface area contributed by atoms with Crippen molar-refractivity contribution in [1.29, 1.82) is 0 Å². The van der Waals surface area contributed by atoms with E-state index >= 15 is 0 Å². The average Bonchev–Trinajstić information content (AvgIpc) is 3.43. The second-order valence-corrected chi connectivity index (χ2v) is 7.58. The predicted molar refractivity (Wildman–Crippen MR) is 110 cm³/mol. The van der Waals surface area contributed by atoms with Crippen molar-refractivity contribution in [3.05, 3.63) is 53.9 Å². The maximum atomic E-state index is 12.6. The van der Waals surface area contributed by atoms with Crippen LogP contribution in [-0.4, -0.2) is 35.9 Å². The van der Waals surface area contributed by atoms with Crippen molar-refractivity contribution in [3.63, 3.8) is 0 Å². The van der Waals surface area contributed by atoms with E-state index in [9.17, 15) is 9.59 Å². The molecule has 1 saturated carbocycles. The van der Waals surface area contributed by atoms with E-state index in [0.717, 1.165) is 44.5 Å². The highest BCUT2D eigenvalue weighted by atomic mass is 16.2. The smallest absolute Gasteiger partial charge is 0.270 e. The molecule has 2 heterocycles. The van der Waals surface area contributed by atoms with Gasteiger partial charge in [0.15, 0.2) is 0 Å². The van der Waals surface area contributed by atoms with Crippen LogP contribution in [0.25, 0.3) is 0 Å². The number of nitrogens with one attached hydrogen (secondary N) is 2. The fourth-order valence-corrected chi connectivity index (χ4v) is 3.96. The highest BCUT2D eigenvalue weighted by Gasteiger charge is 2.19. The molecule has 0 bridgehead atoms. The molecule has 1 aliphatic carbocycles. The van der Waals surface area contributed by atoms with Crippen LogP contribution in [0.3, 0.4) is 0 Å². The Bertz CT molecular complexity index is 838. The molecule has 1 aromatic heterocycles. The minimum atomic E-state index is -0.244. The quantitative estimate of drug-likeness (QED) is 0.834. The van der Waals surface area contributed by atoms with Crippen molar-refractivity contribution in [2.75, 3.05) is 23.3 Å². The Morgan fingerprint density at radius 2 is 1.64 bits per heavy atom. The van der Waals surface area contributed by atoms with E-state index in [0.29, 0.717) is 5.56 Å². The van der Waals surface area contributed by atoms with E-state index in [1.165, 1.54) is 24.7 Å². The molecule has 0 spiro atoms. The Hall–Kier alpha value is -2.89. The predicted octanol–water partition coefficient (Wildman–Crippen LogP) is 3.61. The van der Waals surface area contributed by atoms with Gasteiger partial charge in [-0.25, -0.2) is 0 Å². The lowest BCUT2D eigenvalue weighted by atomic mass is 10.2. The van der Waals surface area contributed by atoms with E-state index in [4.69, 9.17) is 0 Å². The number of pyridine rings is 1. The molecule has 6 nitrogen and oxygen atoms in total. The van der Waals surface area contributed by atoms with E-state index in [1.54, 1.807) is 12.1 Å². The second-order valence-electron chi connectivity index (χ2n) is 7.58. The topological polar surface area (TPSA) is 74.3 Å². The summed E-state index contributed by atoms with van der Waals surface area (Å²) in [6.45, 7) is 2.18. The molecule has 1 saturated heterocycles. The maximum Gasteiger partial charge on any atom is 0.270 e. The summed E-state index contributed by atoms with van der Waals surface area (Å²) < 4.78 is 0. The molecule has 2 N–H and O–H groups in total. The van der Waals surface area contributed by atoms with Crippen molar-refractivity contribution in [2.45, 2.75) is 44.6 Å². The van der Waals surface area contributed by atoms with Crippen LogP contribution in [0.2, 0.25) is 0 Å². The summed E-state index contributed by atoms with van der Waals surface area (Å²) in [6, 6.07) is 11.3. The first-order chi connectivity index (χ1) is 13.7. The molecule has 2 aliphatic rings. The van der Waals surface area contributed by atoms with Gasteiger partial charge in [0, 0.05) is 42.3 Å². The number of carbonyl (C=O) groups excluding carboxylic acids is 2. The van der Waals surface area contributed by atoms with Gasteiger partial charge in [-0.15, -0.1) is 0 Å². The van der Waals surface area contributed by atoms with Crippen LogP contribution in [0.5, 0.6) is 0 Å². The average molecular weight is 378 g/mol. The summed E-state index contributed by atoms with van der Waals surface area (Å²) in [4.78, 5) is 31.5. The van der Waals surface area contributed by atoms with Crippen LogP contribution in [-0.2, 0) is 0 Å². The molecule has 4 rings (SSSR count). The second kappa shape index (κ2) is 8.42. The van der Waals surface area contributed by atoms with Gasteiger partial charge in [0.05, 0.1) is 0 Å². The van der Waals surface area contributed by atoms with Gasteiger partial charge in [0.2, 0.25) is 0 Å². The summed E-state index contributed by atoms with van der Waals surface area (Å²) in [6.07, 6.45) is 8.30. The number of hydrogen-bond acceptors (Lipinski definition) is 4. The van der Waals surface area contributed by atoms with Crippen LogP contribution in [0, 0.1) is 0 Å². The fraction of sp³-hybridized carbons (Fsp3) is 0.409. The van der Waals surface area contributed by atoms with E-state index < -0.39 is 0 Å². The number of rotatable bonds is 5. The van der Waals surface area contributed by atoms with Crippen LogP contribution < -0.4 is 15.5 Å². The molecule has 0 radical (unpaired) electrons. The fourth-order valence-electron chi connectivity index (χ4n) is 3.96. The van der Waals surface area contributed by atoms with Crippen LogP contribution >= 0.6 is 0 Å². The molecule has 146 valence electrons. The van der Waals surface area contributed by atoms with Gasteiger partial charge in [0.25, 0.3) is 11.8 Å². The lowest BCUT2D eigenvalue weighted by Gasteiger charge is -2.17. The molecule has 0 unspecified atom stereocenters. The van der Waals surface area contributed by atoms with Crippen molar-refractivity contribution < 1.29 is 9.59 Å². The zero-order valence-electron chi connectivity index (χ0n) is 16.0. The summed E-state index contributed by atoms with van der Waals surface area (Å²) in [7, 11) is 0. The first-order valence-electron chi connectivity index (χ1n) is 10.1. The largest absolute Gasteiger partial charge is 0.372 e. The zero-order chi connectivity index (χ0) is 19.3. The SMILES string of the molecule is O=C(Nc1ccc(N2CCCC2)cc1)c1ccnc(C(=O)NC2CCCC2)c1. The van der Waals surface area contributed by atoms with Crippen molar-refractivity contribution in [2.24, 2.45) is 0 Å². The number of anilines is 2. The molecular weight excluding hydrogens is 352 g/mol. The van der Waals surface area contributed by atoms with Crippen LogP contribution in [0.1, 0.15) is 59.4 Å².